The first kappa shape index (κ1) is 12.4. The zero-order valence-corrected chi connectivity index (χ0v) is 10.7. The maximum Gasteiger partial charge on any atom is 0.263 e. The van der Waals surface area contributed by atoms with Crippen molar-refractivity contribution in [3.63, 3.8) is 0 Å². The van der Waals surface area contributed by atoms with Crippen LogP contribution < -0.4 is 15.8 Å². The van der Waals surface area contributed by atoms with E-state index in [1.165, 1.54) is 17.5 Å². The van der Waals surface area contributed by atoms with Gasteiger partial charge >= 0.3 is 0 Å². The lowest BCUT2D eigenvalue weighted by molar-refractivity contribution is 0.0954. The van der Waals surface area contributed by atoms with Crippen molar-refractivity contribution in [3.05, 3.63) is 40.9 Å². The van der Waals surface area contributed by atoms with Gasteiger partial charge in [-0.25, -0.2) is 4.98 Å². The van der Waals surface area contributed by atoms with Crippen molar-refractivity contribution in [1.82, 2.24) is 10.3 Å². The van der Waals surface area contributed by atoms with Crippen molar-refractivity contribution in [3.8, 4) is 5.75 Å². The van der Waals surface area contributed by atoms with Gasteiger partial charge in [0.05, 0.1) is 13.3 Å². The Labute approximate surface area is 109 Å². The van der Waals surface area contributed by atoms with E-state index in [1.807, 2.05) is 24.3 Å². The largest absolute Gasteiger partial charge is 0.497 e. The maximum atomic E-state index is 11.8. The molecule has 1 amide bonds. The maximum absolute atomic E-state index is 11.8. The van der Waals surface area contributed by atoms with Gasteiger partial charge in [0.15, 0.2) is 5.13 Å². The number of carbonyl (C=O) groups is 1. The van der Waals surface area contributed by atoms with Crippen LogP contribution in [0.5, 0.6) is 5.75 Å². The first-order valence-electron chi connectivity index (χ1n) is 5.31. The molecule has 18 heavy (non-hydrogen) atoms. The molecule has 94 valence electrons. The second-order valence-corrected chi connectivity index (χ2v) is 4.66. The number of ether oxygens (including phenoxy) is 1. The molecule has 2 aromatic rings. The summed E-state index contributed by atoms with van der Waals surface area (Å²) in [7, 11) is 1.61. The second-order valence-electron chi connectivity index (χ2n) is 3.60. The Hall–Kier alpha value is -2.08. The van der Waals surface area contributed by atoms with Crippen LogP contribution in [-0.4, -0.2) is 18.0 Å². The van der Waals surface area contributed by atoms with Gasteiger partial charge in [-0.15, -0.1) is 0 Å². The number of nitrogens with two attached hydrogens (primary N) is 1. The highest BCUT2D eigenvalue weighted by molar-refractivity contribution is 7.17. The summed E-state index contributed by atoms with van der Waals surface area (Å²) < 4.78 is 5.11. The average molecular weight is 263 g/mol. The first-order valence-corrected chi connectivity index (χ1v) is 6.13. The standard InChI is InChI=1S/C12H13N3O2S/c1-17-9-4-2-3-8(5-9)6-14-11(16)10-7-15-12(13)18-10/h2-5,7H,6H2,1H3,(H2,13,15)(H,14,16). The topological polar surface area (TPSA) is 77.2 Å². The van der Waals surface area contributed by atoms with Crippen molar-refractivity contribution in [1.29, 1.82) is 0 Å². The van der Waals surface area contributed by atoms with E-state index in [9.17, 15) is 4.79 Å². The molecule has 0 aliphatic heterocycles. The predicted octanol–water partition coefficient (Wildman–Crippen LogP) is 1.66. The molecule has 0 bridgehead atoms. The van der Waals surface area contributed by atoms with E-state index in [0.29, 0.717) is 16.6 Å². The molecule has 1 heterocycles. The summed E-state index contributed by atoms with van der Waals surface area (Å²) >= 11 is 1.17. The Morgan fingerprint density at radius 2 is 2.39 bits per heavy atom. The monoisotopic (exact) mass is 263 g/mol. The van der Waals surface area contributed by atoms with Crippen LogP contribution in [0.2, 0.25) is 0 Å². The third-order valence-electron chi connectivity index (χ3n) is 2.33. The van der Waals surface area contributed by atoms with Crippen LogP contribution in [0, 0.1) is 0 Å². The van der Waals surface area contributed by atoms with E-state index in [0.717, 1.165) is 11.3 Å². The smallest absolute Gasteiger partial charge is 0.263 e. The minimum Gasteiger partial charge on any atom is -0.497 e. The van der Waals surface area contributed by atoms with E-state index in [2.05, 4.69) is 10.3 Å². The number of thiazole rings is 1. The summed E-state index contributed by atoms with van der Waals surface area (Å²) in [4.78, 5) is 16.1. The number of hydrogen-bond acceptors (Lipinski definition) is 5. The molecule has 0 saturated carbocycles. The summed E-state index contributed by atoms with van der Waals surface area (Å²) in [6.45, 7) is 0.438. The quantitative estimate of drug-likeness (QED) is 0.879. The first-order chi connectivity index (χ1) is 8.69. The molecule has 0 fully saturated rings. The molecule has 0 atom stereocenters. The number of rotatable bonds is 4. The number of nitrogens with one attached hydrogen (secondary N) is 1. The fourth-order valence-electron chi connectivity index (χ4n) is 1.44. The van der Waals surface area contributed by atoms with E-state index in [4.69, 9.17) is 10.5 Å². The Morgan fingerprint density at radius 1 is 1.56 bits per heavy atom. The van der Waals surface area contributed by atoms with Crippen molar-refractivity contribution in [2.45, 2.75) is 6.54 Å². The Balaban J connectivity index is 1.97. The fourth-order valence-corrected chi connectivity index (χ4v) is 2.05. The average Bonchev–Trinajstić information content (AvgIpc) is 2.83. The lowest BCUT2D eigenvalue weighted by atomic mass is 10.2. The number of anilines is 1. The Kier molecular flexibility index (Phi) is 3.78. The number of benzene rings is 1. The molecule has 5 nitrogen and oxygen atoms in total. The van der Waals surface area contributed by atoms with Crippen LogP contribution in [0.3, 0.4) is 0 Å². The molecule has 1 aromatic carbocycles. The highest BCUT2D eigenvalue weighted by atomic mass is 32.1. The van der Waals surface area contributed by atoms with Crippen LogP contribution in [-0.2, 0) is 6.54 Å². The van der Waals surface area contributed by atoms with Crippen molar-refractivity contribution >= 4 is 22.4 Å². The lowest BCUT2D eigenvalue weighted by Crippen LogP contribution is -2.21. The highest BCUT2D eigenvalue weighted by Gasteiger charge is 2.08. The molecule has 2 rings (SSSR count). The van der Waals surface area contributed by atoms with Crippen molar-refractivity contribution in [2.24, 2.45) is 0 Å². The van der Waals surface area contributed by atoms with Gasteiger partial charge in [-0.05, 0) is 17.7 Å². The number of carbonyl (C=O) groups excluding carboxylic acids is 1. The molecular formula is C12H13N3O2S. The van der Waals surface area contributed by atoms with Gasteiger partial charge in [0.25, 0.3) is 5.91 Å². The fraction of sp³-hybridized carbons (Fsp3) is 0.167. The zero-order chi connectivity index (χ0) is 13.0. The molecular weight excluding hydrogens is 250 g/mol. The Bertz CT molecular complexity index is 554. The van der Waals surface area contributed by atoms with Crippen LogP contribution in [0.25, 0.3) is 0 Å². The summed E-state index contributed by atoms with van der Waals surface area (Å²) in [6, 6.07) is 7.53. The van der Waals surface area contributed by atoms with Gasteiger partial charge in [-0.2, -0.15) is 0 Å². The van der Waals surface area contributed by atoms with Crippen molar-refractivity contribution in [2.75, 3.05) is 12.8 Å². The molecule has 0 unspecified atom stereocenters. The van der Waals surface area contributed by atoms with E-state index in [-0.39, 0.29) is 5.91 Å². The molecule has 0 spiro atoms. The Morgan fingerprint density at radius 3 is 3.06 bits per heavy atom. The summed E-state index contributed by atoms with van der Waals surface area (Å²) in [5, 5.41) is 3.19. The number of hydrogen-bond donors (Lipinski definition) is 2. The molecule has 0 saturated heterocycles. The van der Waals surface area contributed by atoms with Crippen LogP contribution in [0.4, 0.5) is 5.13 Å². The highest BCUT2D eigenvalue weighted by Crippen LogP contribution is 2.15. The van der Waals surface area contributed by atoms with E-state index in [1.54, 1.807) is 7.11 Å². The number of nitrogen functional groups attached to an aromatic ring is 1. The third kappa shape index (κ3) is 2.98. The number of amides is 1. The van der Waals surface area contributed by atoms with Gasteiger partial charge in [-0.1, -0.05) is 23.5 Å². The van der Waals surface area contributed by atoms with E-state index >= 15 is 0 Å². The van der Waals surface area contributed by atoms with Gasteiger partial charge < -0.3 is 15.8 Å². The molecule has 3 N–H and O–H groups in total. The molecule has 6 heteroatoms. The molecule has 1 aromatic heterocycles. The lowest BCUT2D eigenvalue weighted by Gasteiger charge is -2.05. The number of nitrogens with zero attached hydrogens (tertiary/aromatic N) is 1. The summed E-state index contributed by atoms with van der Waals surface area (Å²) in [5.41, 5.74) is 6.44. The number of aromatic nitrogens is 1. The number of methoxy groups -OCH3 is 1. The van der Waals surface area contributed by atoms with Gasteiger partial charge in [0.2, 0.25) is 0 Å². The minimum absolute atomic E-state index is 0.174. The molecule has 0 aliphatic rings. The van der Waals surface area contributed by atoms with Crippen LogP contribution in [0.1, 0.15) is 15.2 Å². The minimum atomic E-state index is -0.174. The van der Waals surface area contributed by atoms with E-state index < -0.39 is 0 Å². The summed E-state index contributed by atoms with van der Waals surface area (Å²) in [6.07, 6.45) is 1.47. The second kappa shape index (κ2) is 5.50. The van der Waals surface area contributed by atoms with Crippen LogP contribution in [0.15, 0.2) is 30.5 Å². The van der Waals surface area contributed by atoms with Gasteiger partial charge in [-0.3, -0.25) is 4.79 Å². The molecule has 0 aliphatic carbocycles. The van der Waals surface area contributed by atoms with Gasteiger partial charge in [0, 0.05) is 6.54 Å². The predicted molar refractivity (Wildman–Crippen MR) is 70.7 cm³/mol. The van der Waals surface area contributed by atoms with Gasteiger partial charge in [0.1, 0.15) is 10.6 Å². The van der Waals surface area contributed by atoms with Crippen LogP contribution >= 0.6 is 11.3 Å². The summed E-state index contributed by atoms with van der Waals surface area (Å²) in [5.74, 6) is 0.593. The normalized spacial score (nSPS) is 10.1. The van der Waals surface area contributed by atoms with Crippen molar-refractivity contribution < 1.29 is 9.53 Å². The SMILES string of the molecule is COc1cccc(CNC(=O)c2cnc(N)s2)c1. The third-order valence-corrected chi connectivity index (χ3v) is 3.16. The zero-order valence-electron chi connectivity index (χ0n) is 9.84. The molecule has 0 radical (unpaired) electrons.